The van der Waals surface area contributed by atoms with Crippen LogP contribution in [0.1, 0.15) is 38.6 Å². The molecule has 3 aliphatic rings. The summed E-state index contributed by atoms with van der Waals surface area (Å²) >= 11 is 1.71. The summed E-state index contributed by atoms with van der Waals surface area (Å²) in [7, 11) is 1.89. The number of halogens is 1. The summed E-state index contributed by atoms with van der Waals surface area (Å²) in [4.78, 5) is 32.7. The Morgan fingerprint density at radius 1 is 1.25 bits per heavy atom. The molecule has 1 unspecified atom stereocenters. The zero-order valence-electron chi connectivity index (χ0n) is 21.0. The van der Waals surface area contributed by atoms with Gasteiger partial charge in [-0.05, 0) is 30.7 Å². The van der Waals surface area contributed by atoms with Crippen molar-refractivity contribution in [2.45, 2.75) is 55.8 Å². The van der Waals surface area contributed by atoms with E-state index in [2.05, 4.69) is 26.4 Å². The third kappa shape index (κ3) is 5.01. The zero-order chi connectivity index (χ0) is 25.3. The highest BCUT2D eigenvalue weighted by Gasteiger charge is 2.45. The maximum Gasteiger partial charge on any atom is 0.260 e. The molecule has 0 bridgehead atoms. The minimum atomic E-state index is -1.79. The van der Waals surface area contributed by atoms with Gasteiger partial charge in [-0.1, -0.05) is 18.7 Å². The van der Waals surface area contributed by atoms with Gasteiger partial charge in [0.15, 0.2) is 22.8 Å². The van der Waals surface area contributed by atoms with Crippen LogP contribution < -0.4 is 5.73 Å². The van der Waals surface area contributed by atoms with Gasteiger partial charge in [-0.3, -0.25) is 20.4 Å². The number of amides is 1. The van der Waals surface area contributed by atoms with Gasteiger partial charge in [0, 0.05) is 82.8 Å². The van der Waals surface area contributed by atoms with Crippen LogP contribution in [-0.4, -0.2) is 98.8 Å². The van der Waals surface area contributed by atoms with Gasteiger partial charge < -0.3 is 14.4 Å². The van der Waals surface area contributed by atoms with Crippen molar-refractivity contribution in [3.63, 3.8) is 0 Å². The highest BCUT2D eigenvalue weighted by atomic mass is 32.2. The SMILES string of the molecule is CCSc1nc2cccnc2n1C1CCN(C(=O)C2(F)CCN(CC3=CN(C)C(N)N=C3)CC2)CC1. The molecule has 2 saturated heterocycles. The third-order valence-electron chi connectivity index (χ3n) is 7.42. The molecule has 3 aliphatic heterocycles. The van der Waals surface area contributed by atoms with E-state index in [9.17, 15) is 4.79 Å². The van der Waals surface area contributed by atoms with Crippen molar-refractivity contribution in [1.29, 1.82) is 0 Å². The summed E-state index contributed by atoms with van der Waals surface area (Å²) in [5.74, 6) is 0.581. The molecule has 2 fully saturated rings. The molecule has 1 amide bonds. The minimum Gasteiger partial charge on any atom is -0.347 e. The Labute approximate surface area is 215 Å². The number of aromatic nitrogens is 3. The van der Waals surface area contributed by atoms with Crippen LogP contribution in [0.15, 0.2) is 40.3 Å². The molecule has 11 heteroatoms. The Balaban J connectivity index is 1.18. The molecule has 0 saturated carbocycles. The topological polar surface area (TPSA) is 95.9 Å². The monoisotopic (exact) mass is 514 g/mol. The summed E-state index contributed by atoms with van der Waals surface area (Å²) in [5.41, 5.74) is 6.90. The molecule has 36 heavy (non-hydrogen) atoms. The number of carbonyl (C=O) groups is 1. The maximum atomic E-state index is 15.8. The van der Waals surface area contributed by atoms with E-state index in [1.54, 1.807) is 29.1 Å². The normalized spacial score (nSPS) is 23.3. The number of alkyl halides is 1. The van der Waals surface area contributed by atoms with E-state index in [1.807, 2.05) is 30.3 Å². The first-order valence-electron chi connectivity index (χ1n) is 12.8. The molecule has 9 nitrogen and oxygen atoms in total. The summed E-state index contributed by atoms with van der Waals surface area (Å²) in [6.45, 7) is 4.99. The number of nitrogens with two attached hydrogens (primary N) is 1. The van der Waals surface area contributed by atoms with Crippen molar-refractivity contribution in [2.24, 2.45) is 10.7 Å². The van der Waals surface area contributed by atoms with Gasteiger partial charge in [0.05, 0.1) is 0 Å². The summed E-state index contributed by atoms with van der Waals surface area (Å²) in [6, 6.07) is 4.10. The summed E-state index contributed by atoms with van der Waals surface area (Å²) < 4.78 is 18.1. The zero-order valence-corrected chi connectivity index (χ0v) is 21.8. The predicted octanol–water partition coefficient (Wildman–Crippen LogP) is 2.65. The van der Waals surface area contributed by atoms with E-state index >= 15 is 4.39 Å². The van der Waals surface area contributed by atoms with Crippen molar-refractivity contribution < 1.29 is 9.18 Å². The van der Waals surface area contributed by atoms with Crippen molar-refractivity contribution >= 4 is 35.0 Å². The molecular weight excluding hydrogens is 479 g/mol. The van der Waals surface area contributed by atoms with Gasteiger partial charge in [-0.25, -0.2) is 14.4 Å². The second-order valence-electron chi connectivity index (χ2n) is 9.87. The first-order chi connectivity index (χ1) is 17.4. The Bertz CT molecular complexity index is 1150. The fourth-order valence-corrected chi connectivity index (χ4v) is 6.14. The molecule has 1 atom stereocenters. The Hall–Kier alpha value is -2.50. The van der Waals surface area contributed by atoms with Crippen LogP contribution in [0.3, 0.4) is 0 Å². The quantitative estimate of drug-likeness (QED) is 0.592. The number of hydrogen-bond donors (Lipinski definition) is 1. The third-order valence-corrected chi connectivity index (χ3v) is 8.26. The number of aliphatic imine (C=N–C) groups is 1. The van der Waals surface area contributed by atoms with Crippen LogP contribution in [0.5, 0.6) is 0 Å². The van der Waals surface area contributed by atoms with Crippen LogP contribution in [-0.2, 0) is 4.79 Å². The number of piperidine rings is 2. The number of nitrogens with zero attached hydrogens (tertiary/aromatic N) is 7. The van der Waals surface area contributed by atoms with Crippen LogP contribution in [0, 0.1) is 0 Å². The highest BCUT2D eigenvalue weighted by molar-refractivity contribution is 7.99. The molecule has 0 aromatic carbocycles. The lowest BCUT2D eigenvalue weighted by atomic mass is 9.90. The number of thioether (sulfide) groups is 1. The van der Waals surface area contributed by atoms with Gasteiger partial charge in [0.25, 0.3) is 5.91 Å². The lowest BCUT2D eigenvalue weighted by Gasteiger charge is -2.41. The molecule has 5 rings (SSSR count). The Morgan fingerprint density at radius 3 is 2.69 bits per heavy atom. The van der Waals surface area contributed by atoms with Gasteiger partial charge in [-0.2, -0.15) is 0 Å². The number of imidazole rings is 1. The Morgan fingerprint density at radius 2 is 2.00 bits per heavy atom. The molecule has 0 spiro atoms. The highest BCUT2D eigenvalue weighted by Crippen LogP contribution is 2.35. The minimum absolute atomic E-state index is 0.206. The Kier molecular flexibility index (Phi) is 7.32. The molecule has 5 heterocycles. The van der Waals surface area contributed by atoms with Crippen molar-refractivity contribution in [3.05, 3.63) is 30.1 Å². The standard InChI is InChI=1S/C25H35FN8OS/c1-3-36-24-30-20-5-4-10-28-21(20)34(24)19-6-11-33(12-7-19)22(35)25(26)8-13-32(14-9-25)17-18-15-29-23(27)31(2)16-18/h4-5,10,15-16,19,23H,3,6-9,11-14,17,27H2,1-2H3. The van der Waals surface area contributed by atoms with Crippen LogP contribution in [0.4, 0.5) is 4.39 Å². The average molecular weight is 515 g/mol. The average Bonchev–Trinajstić information content (AvgIpc) is 3.25. The molecule has 2 N–H and O–H groups in total. The van der Waals surface area contributed by atoms with Gasteiger partial charge in [-0.15, -0.1) is 0 Å². The lowest BCUT2D eigenvalue weighted by Crippen LogP contribution is -2.54. The number of likely N-dealkylation sites (tertiary alicyclic amines) is 2. The van der Waals surface area contributed by atoms with E-state index in [-0.39, 0.29) is 31.1 Å². The first kappa shape index (κ1) is 25.2. The molecular formula is C25H35FN8OS. The summed E-state index contributed by atoms with van der Waals surface area (Å²) in [6.07, 6.45) is 7.21. The van der Waals surface area contributed by atoms with Gasteiger partial charge >= 0.3 is 0 Å². The molecule has 0 radical (unpaired) electrons. The van der Waals surface area contributed by atoms with E-state index < -0.39 is 5.67 Å². The molecule has 2 aromatic rings. The fourth-order valence-electron chi connectivity index (χ4n) is 5.35. The van der Waals surface area contributed by atoms with Crippen LogP contribution in [0.25, 0.3) is 11.2 Å². The van der Waals surface area contributed by atoms with Crippen molar-refractivity contribution in [2.75, 3.05) is 45.5 Å². The largest absolute Gasteiger partial charge is 0.347 e. The summed E-state index contributed by atoms with van der Waals surface area (Å²) in [5, 5.41) is 0.969. The molecule has 0 aliphatic carbocycles. The molecule has 194 valence electrons. The lowest BCUT2D eigenvalue weighted by molar-refractivity contribution is -0.148. The first-order valence-corrected chi connectivity index (χ1v) is 13.7. The van der Waals surface area contributed by atoms with E-state index in [0.717, 1.165) is 40.5 Å². The van der Waals surface area contributed by atoms with Crippen LogP contribution in [0.2, 0.25) is 0 Å². The number of fused-ring (bicyclic) bond motifs is 1. The van der Waals surface area contributed by atoms with Crippen molar-refractivity contribution in [1.82, 2.24) is 29.2 Å². The maximum absolute atomic E-state index is 15.8. The van der Waals surface area contributed by atoms with Gasteiger partial charge in [0.2, 0.25) is 0 Å². The van der Waals surface area contributed by atoms with Crippen molar-refractivity contribution in [3.8, 4) is 0 Å². The van der Waals surface area contributed by atoms with E-state index in [1.165, 1.54) is 0 Å². The smallest absolute Gasteiger partial charge is 0.260 e. The number of carbonyl (C=O) groups excluding carboxylic acids is 1. The second-order valence-corrected chi connectivity index (χ2v) is 11.1. The fraction of sp³-hybridized carbons (Fsp3) is 0.600. The number of pyridine rings is 1. The number of hydrogen-bond acceptors (Lipinski definition) is 8. The predicted molar refractivity (Wildman–Crippen MR) is 141 cm³/mol. The van der Waals surface area contributed by atoms with Gasteiger partial charge in [0.1, 0.15) is 5.52 Å². The second kappa shape index (κ2) is 10.5. The number of rotatable bonds is 6. The molecule has 2 aromatic heterocycles. The van der Waals surface area contributed by atoms with E-state index in [4.69, 9.17) is 10.7 Å². The van der Waals surface area contributed by atoms with E-state index in [0.29, 0.717) is 32.7 Å². The van der Waals surface area contributed by atoms with Crippen LogP contribution >= 0.6 is 11.8 Å².